The van der Waals surface area contributed by atoms with Crippen molar-refractivity contribution in [1.29, 1.82) is 0 Å². The van der Waals surface area contributed by atoms with Crippen molar-refractivity contribution in [2.75, 3.05) is 0 Å². The van der Waals surface area contributed by atoms with Crippen LogP contribution in [0, 0.1) is 0 Å². The number of aromatic nitrogens is 8. The number of hydrogen-bond acceptors (Lipinski definition) is 6. The molecule has 8 nitrogen and oxygen atoms in total. The normalized spacial score (nSPS) is 20.2. The van der Waals surface area contributed by atoms with Gasteiger partial charge in [-0.25, -0.2) is 29.9 Å². The van der Waals surface area contributed by atoms with E-state index in [1.807, 2.05) is 0 Å². The fraction of sp³-hybridized carbons (Fsp3) is 0.500. The van der Waals surface area contributed by atoms with Gasteiger partial charge in [0, 0.05) is 44.5 Å². The molecular formula is C32H34N8. The molecule has 3 aromatic heterocycles. The minimum absolute atomic E-state index is 0.846. The van der Waals surface area contributed by atoms with E-state index in [2.05, 4.69) is 9.97 Å². The third kappa shape index (κ3) is 3.50. The second kappa shape index (κ2) is 8.91. The molecule has 5 heterocycles. The molecule has 0 amide bonds. The van der Waals surface area contributed by atoms with Crippen molar-refractivity contribution in [2.45, 2.75) is 103 Å². The average Bonchev–Trinajstić information content (AvgIpc) is 3.73. The van der Waals surface area contributed by atoms with Gasteiger partial charge in [-0.05, 0) is 103 Å². The zero-order chi connectivity index (χ0) is 26.2. The van der Waals surface area contributed by atoms with E-state index < -0.39 is 0 Å². The van der Waals surface area contributed by atoms with Gasteiger partial charge in [-0.2, -0.15) is 0 Å². The summed E-state index contributed by atoms with van der Waals surface area (Å²) < 4.78 is 0. The van der Waals surface area contributed by atoms with Crippen LogP contribution in [0.5, 0.6) is 0 Å². The fourth-order valence-electron chi connectivity index (χ4n) is 7.83. The fourth-order valence-corrected chi connectivity index (χ4v) is 7.83. The van der Waals surface area contributed by atoms with E-state index in [1.165, 1.54) is 95.9 Å². The van der Waals surface area contributed by atoms with Crippen LogP contribution in [-0.4, -0.2) is 39.9 Å². The number of H-pyrrole nitrogens is 2. The minimum atomic E-state index is 0.846. The summed E-state index contributed by atoms with van der Waals surface area (Å²) >= 11 is 0. The molecule has 40 heavy (non-hydrogen) atoms. The summed E-state index contributed by atoms with van der Waals surface area (Å²) in [6, 6.07) is 0. The third-order valence-electron chi connectivity index (χ3n) is 9.86. The van der Waals surface area contributed by atoms with Crippen LogP contribution in [0.1, 0.15) is 123 Å². The maximum atomic E-state index is 5.24. The van der Waals surface area contributed by atoms with E-state index in [4.69, 9.17) is 29.9 Å². The highest BCUT2D eigenvalue weighted by molar-refractivity contribution is 5.92. The number of nitrogens with one attached hydrogen (secondary N) is 2. The number of allylic oxidation sites excluding steroid dienone is 4. The molecular weight excluding hydrogens is 496 g/mol. The highest BCUT2D eigenvalue weighted by atomic mass is 15.1. The van der Waals surface area contributed by atoms with Crippen LogP contribution < -0.4 is 0 Å². The number of aryl methyl sites for hydroxylation is 4. The lowest BCUT2D eigenvalue weighted by atomic mass is 9.92. The summed E-state index contributed by atoms with van der Waals surface area (Å²) in [6.07, 6.45) is 17.7. The third-order valence-corrected chi connectivity index (χ3v) is 9.86. The molecule has 9 rings (SSSR count). The second-order valence-corrected chi connectivity index (χ2v) is 12.3. The summed E-state index contributed by atoms with van der Waals surface area (Å²) in [5, 5.41) is 0. The van der Waals surface area contributed by atoms with Gasteiger partial charge in [-0.1, -0.05) is 0 Å². The van der Waals surface area contributed by atoms with Crippen molar-refractivity contribution in [1.82, 2.24) is 39.9 Å². The number of rotatable bonds is 0. The van der Waals surface area contributed by atoms with Gasteiger partial charge in [0.25, 0.3) is 0 Å². The van der Waals surface area contributed by atoms with Gasteiger partial charge >= 0.3 is 0 Å². The predicted octanol–water partition coefficient (Wildman–Crippen LogP) is 6.62. The van der Waals surface area contributed by atoms with E-state index >= 15 is 0 Å². The van der Waals surface area contributed by atoms with Crippen molar-refractivity contribution >= 4 is 44.9 Å². The van der Waals surface area contributed by atoms with Crippen LogP contribution in [-0.2, 0) is 25.7 Å². The highest BCUT2D eigenvalue weighted by Gasteiger charge is 2.29. The first-order valence-electron chi connectivity index (χ1n) is 15.5. The molecule has 0 saturated carbocycles. The Morgan fingerprint density at radius 3 is 0.825 bits per heavy atom. The molecule has 202 valence electrons. The van der Waals surface area contributed by atoms with Crippen LogP contribution in [0.4, 0.5) is 0 Å². The summed E-state index contributed by atoms with van der Waals surface area (Å²) in [5.41, 5.74) is 14.1. The Morgan fingerprint density at radius 1 is 0.300 bits per heavy atom. The van der Waals surface area contributed by atoms with Gasteiger partial charge in [0.2, 0.25) is 0 Å². The highest BCUT2D eigenvalue weighted by Crippen LogP contribution is 2.41. The molecule has 0 saturated heterocycles. The molecule has 2 N–H and O–H groups in total. The largest absolute Gasteiger partial charge is 0.324 e. The molecule has 0 spiro atoms. The maximum Gasteiger partial charge on any atom is 0.160 e. The van der Waals surface area contributed by atoms with Gasteiger partial charge in [-0.15, -0.1) is 0 Å². The van der Waals surface area contributed by atoms with Crippen molar-refractivity contribution in [2.24, 2.45) is 0 Å². The lowest BCUT2D eigenvalue weighted by Crippen LogP contribution is -2.01. The SMILES string of the molecule is C1CCC2=C(C1)c1nc2nc2[nH]c(nc3nc(nc4[nH]c(n1)c1c4CCCC1)C1=C3CCCC1)c1c2CCCC1. The predicted molar refractivity (Wildman–Crippen MR) is 156 cm³/mol. The molecule has 0 aromatic carbocycles. The monoisotopic (exact) mass is 530 g/mol. The average molecular weight is 531 g/mol. The van der Waals surface area contributed by atoms with Gasteiger partial charge in [0.1, 0.15) is 22.6 Å². The van der Waals surface area contributed by atoms with Crippen LogP contribution in [0.15, 0.2) is 0 Å². The quantitative estimate of drug-likeness (QED) is 0.338. The Kier molecular flexibility index (Phi) is 5.14. The Labute approximate surface area is 232 Å². The topological polar surface area (TPSA) is 109 Å². The van der Waals surface area contributed by atoms with Crippen LogP contribution in [0.3, 0.4) is 0 Å². The van der Waals surface area contributed by atoms with E-state index in [9.17, 15) is 0 Å². The lowest BCUT2D eigenvalue weighted by molar-refractivity contribution is 0.694. The molecule has 0 fully saturated rings. The number of aromatic amines is 2. The van der Waals surface area contributed by atoms with Crippen LogP contribution in [0.25, 0.3) is 44.9 Å². The van der Waals surface area contributed by atoms with Crippen molar-refractivity contribution in [3.63, 3.8) is 0 Å². The standard InChI is InChI=1S/C32H34N8/c1-2-10-18-17(9-1)25-33-26(18)38-28-21-13-5-6-14-22(21)30(35-28)40-32-24-16-8-7-15-23(24)31(36-32)39-29-20-12-4-3-11-19(20)27(34-29)37-25/h1-16H2,(H2,33,34,35,36,37,38,39,40). The minimum Gasteiger partial charge on any atom is -0.324 e. The van der Waals surface area contributed by atoms with Crippen molar-refractivity contribution in [3.8, 4) is 0 Å². The Morgan fingerprint density at radius 2 is 0.550 bits per heavy atom. The van der Waals surface area contributed by atoms with E-state index in [1.54, 1.807) is 0 Å². The second-order valence-electron chi connectivity index (χ2n) is 12.3. The maximum absolute atomic E-state index is 5.24. The van der Waals surface area contributed by atoms with Gasteiger partial charge in [0.05, 0.1) is 0 Å². The smallest absolute Gasteiger partial charge is 0.160 e. The van der Waals surface area contributed by atoms with E-state index in [0.717, 1.165) is 97.3 Å². The van der Waals surface area contributed by atoms with Crippen molar-refractivity contribution < 1.29 is 0 Å². The molecule has 0 atom stereocenters. The molecule has 2 aliphatic heterocycles. The molecule has 4 aliphatic carbocycles. The zero-order valence-electron chi connectivity index (χ0n) is 23.0. The lowest BCUT2D eigenvalue weighted by Gasteiger charge is -2.13. The molecule has 8 heteroatoms. The van der Waals surface area contributed by atoms with Gasteiger partial charge in [-0.3, -0.25) is 0 Å². The summed E-state index contributed by atoms with van der Waals surface area (Å²) in [6.45, 7) is 0. The summed E-state index contributed by atoms with van der Waals surface area (Å²) in [7, 11) is 0. The molecule has 8 bridgehead atoms. The summed E-state index contributed by atoms with van der Waals surface area (Å²) in [4.78, 5) is 38.5. The van der Waals surface area contributed by atoms with E-state index in [0.29, 0.717) is 0 Å². The van der Waals surface area contributed by atoms with Crippen LogP contribution >= 0.6 is 0 Å². The Balaban J connectivity index is 1.42. The summed E-state index contributed by atoms with van der Waals surface area (Å²) in [5.74, 6) is 3.38. The zero-order valence-corrected chi connectivity index (χ0v) is 23.0. The van der Waals surface area contributed by atoms with Gasteiger partial charge < -0.3 is 9.97 Å². The molecule has 0 radical (unpaired) electrons. The first-order valence-corrected chi connectivity index (χ1v) is 15.5. The first-order chi connectivity index (χ1) is 19.8. The first kappa shape index (κ1) is 23.1. The Bertz CT molecular complexity index is 1560. The van der Waals surface area contributed by atoms with Crippen molar-refractivity contribution in [3.05, 3.63) is 45.6 Å². The molecule has 3 aromatic rings. The molecule has 6 aliphatic rings. The molecule has 0 unspecified atom stereocenters. The number of fused-ring (bicyclic) bond motifs is 18. The van der Waals surface area contributed by atoms with Crippen LogP contribution in [0.2, 0.25) is 0 Å². The Hall–Kier alpha value is -3.68. The number of nitrogens with zero attached hydrogens (tertiary/aromatic N) is 6. The number of hydrogen-bond donors (Lipinski definition) is 2. The van der Waals surface area contributed by atoms with E-state index in [-0.39, 0.29) is 0 Å². The van der Waals surface area contributed by atoms with Gasteiger partial charge in [0.15, 0.2) is 23.3 Å².